The van der Waals surface area contributed by atoms with Crippen molar-refractivity contribution >= 4 is 5.91 Å². The van der Waals surface area contributed by atoms with Crippen LogP contribution in [0.15, 0.2) is 6.20 Å². The first-order valence-corrected chi connectivity index (χ1v) is 7.70. The molecule has 0 bridgehead atoms. The molecule has 0 fully saturated rings. The van der Waals surface area contributed by atoms with Crippen molar-refractivity contribution in [3.8, 4) is 0 Å². The zero-order valence-corrected chi connectivity index (χ0v) is 14.1. The summed E-state index contributed by atoms with van der Waals surface area (Å²) in [6.07, 6.45) is 4.22. The van der Waals surface area contributed by atoms with Crippen molar-refractivity contribution in [2.45, 2.75) is 53.5 Å². The van der Waals surface area contributed by atoms with Gasteiger partial charge in [0.05, 0.1) is 6.20 Å². The van der Waals surface area contributed by atoms with E-state index in [4.69, 9.17) is 5.73 Å². The Labute approximate surface area is 128 Å². The lowest BCUT2D eigenvalue weighted by atomic mass is 9.76. The molecule has 0 aromatic carbocycles. The van der Waals surface area contributed by atoms with Gasteiger partial charge in [0.25, 0.3) is 0 Å². The third-order valence-electron chi connectivity index (χ3n) is 4.27. The van der Waals surface area contributed by atoms with Crippen LogP contribution in [-0.4, -0.2) is 22.2 Å². The van der Waals surface area contributed by atoms with Gasteiger partial charge in [-0.2, -0.15) is 5.10 Å². The van der Waals surface area contributed by atoms with Gasteiger partial charge in [-0.3, -0.25) is 9.48 Å². The van der Waals surface area contributed by atoms with E-state index in [2.05, 4.69) is 31.2 Å². The summed E-state index contributed by atoms with van der Waals surface area (Å²) in [4.78, 5) is 12.0. The number of hydrogen-bond donors (Lipinski definition) is 2. The summed E-state index contributed by atoms with van der Waals surface area (Å²) < 4.78 is 1.82. The highest BCUT2D eigenvalue weighted by Gasteiger charge is 2.24. The van der Waals surface area contributed by atoms with E-state index in [1.165, 1.54) is 0 Å². The predicted molar refractivity (Wildman–Crippen MR) is 85.6 cm³/mol. The second kappa shape index (κ2) is 7.59. The third-order valence-corrected chi connectivity index (χ3v) is 4.27. The van der Waals surface area contributed by atoms with E-state index in [0.29, 0.717) is 25.4 Å². The van der Waals surface area contributed by atoms with Crippen LogP contribution in [0.4, 0.5) is 0 Å². The minimum atomic E-state index is 0.101. The van der Waals surface area contributed by atoms with Crippen LogP contribution in [0.2, 0.25) is 0 Å². The quantitative estimate of drug-likeness (QED) is 0.809. The molecule has 120 valence electrons. The largest absolute Gasteiger partial charge is 0.352 e. The van der Waals surface area contributed by atoms with Crippen LogP contribution in [-0.2, 0) is 18.4 Å². The third kappa shape index (κ3) is 5.50. The molecule has 0 aliphatic carbocycles. The maximum atomic E-state index is 12.0. The molecule has 0 saturated carbocycles. The van der Waals surface area contributed by atoms with Crippen LogP contribution in [0.25, 0.3) is 0 Å². The normalized spacial score (nSPS) is 13.2. The molecular weight excluding hydrogens is 264 g/mol. The molecule has 1 rings (SSSR count). The number of aryl methyl sites for hydroxylation is 1. The number of aromatic nitrogens is 2. The minimum Gasteiger partial charge on any atom is -0.352 e. The summed E-state index contributed by atoms with van der Waals surface area (Å²) in [6, 6.07) is 0. The van der Waals surface area contributed by atoms with E-state index < -0.39 is 0 Å². The number of nitrogens with one attached hydrogen (secondary N) is 1. The molecule has 0 spiro atoms. The van der Waals surface area contributed by atoms with Gasteiger partial charge in [0.15, 0.2) is 0 Å². The lowest BCUT2D eigenvalue weighted by Gasteiger charge is -2.30. The summed E-state index contributed by atoms with van der Waals surface area (Å²) >= 11 is 0. The van der Waals surface area contributed by atoms with Crippen molar-refractivity contribution in [2.75, 3.05) is 6.54 Å². The van der Waals surface area contributed by atoms with Gasteiger partial charge in [-0.25, -0.2) is 0 Å². The molecule has 0 aliphatic heterocycles. The second-order valence-electron chi connectivity index (χ2n) is 6.83. The number of nitrogens with zero attached hydrogens (tertiary/aromatic N) is 2. The van der Waals surface area contributed by atoms with E-state index in [1.807, 2.05) is 24.9 Å². The fraction of sp³-hybridized carbons (Fsp3) is 0.750. The molecule has 0 aliphatic rings. The molecule has 0 radical (unpaired) electrons. The Morgan fingerprint density at radius 1 is 1.43 bits per heavy atom. The van der Waals surface area contributed by atoms with Crippen molar-refractivity contribution in [3.05, 3.63) is 17.5 Å². The smallest absolute Gasteiger partial charge is 0.220 e. The van der Waals surface area contributed by atoms with E-state index in [1.54, 1.807) is 0 Å². The van der Waals surface area contributed by atoms with Gasteiger partial charge < -0.3 is 11.1 Å². The number of amides is 1. The van der Waals surface area contributed by atoms with Crippen LogP contribution in [0, 0.1) is 18.3 Å². The first kappa shape index (κ1) is 17.7. The minimum absolute atomic E-state index is 0.101. The van der Waals surface area contributed by atoms with Gasteiger partial charge in [0.2, 0.25) is 5.91 Å². The average Bonchev–Trinajstić information content (AvgIpc) is 2.71. The number of nitrogens with two attached hydrogens (primary N) is 1. The zero-order valence-electron chi connectivity index (χ0n) is 14.1. The molecule has 5 nitrogen and oxygen atoms in total. The Balaban J connectivity index is 2.41. The number of rotatable bonds is 7. The standard InChI is InChI=1S/C16H30N4O/c1-12-13(11-19-20(12)5)10-18-15(21)7-6-14(8-9-17)16(2,3)4/h11,14H,6-10,17H2,1-5H3,(H,18,21). The summed E-state index contributed by atoms with van der Waals surface area (Å²) in [5.74, 6) is 0.581. The number of hydrogen-bond acceptors (Lipinski definition) is 3. The molecule has 1 amide bonds. The van der Waals surface area contributed by atoms with Gasteiger partial charge >= 0.3 is 0 Å². The zero-order chi connectivity index (χ0) is 16.0. The Morgan fingerprint density at radius 2 is 2.10 bits per heavy atom. The van der Waals surface area contributed by atoms with E-state index in [9.17, 15) is 4.79 Å². The highest BCUT2D eigenvalue weighted by molar-refractivity contribution is 5.75. The van der Waals surface area contributed by atoms with Crippen LogP contribution in [0.3, 0.4) is 0 Å². The summed E-state index contributed by atoms with van der Waals surface area (Å²) in [5, 5.41) is 7.15. The number of carbonyl (C=O) groups excluding carboxylic acids is 1. The van der Waals surface area contributed by atoms with E-state index >= 15 is 0 Å². The van der Waals surface area contributed by atoms with Gasteiger partial charge in [-0.15, -0.1) is 0 Å². The fourth-order valence-corrected chi connectivity index (χ4v) is 2.52. The average molecular weight is 294 g/mol. The lowest BCUT2D eigenvalue weighted by molar-refractivity contribution is -0.121. The first-order valence-electron chi connectivity index (χ1n) is 7.70. The molecule has 1 aromatic heterocycles. The highest BCUT2D eigenvalue weighted by Crippen LogP contribution is 2.31. The van der Waals surface area contributed by atoms with Crippen LogP contribution in [0.5, 0.6) is 0 Å². The number of carbonyl (C=O) groups is 1. The van der Waals surface area contributed by atoms with Gasteiger partial charge in [0, 0.05) is 31.3 Å². The van der Waals surface area contributed by atoms with Gasteiger partial charge in [0.1, 0.15) is 0 Å². The Morgan fingerprint density at radius 3 is 2.57 bits per heavy atom. The SMILES string of the molecule is Cc1c(CNC(=O)CCC(CCN)C(C)(C)C)cnn1C. The molecule has 3 N–H and O–H groups in total. The highest BCUT2D eigenvalue weighted by atomic mass is 16.1. The maximum absolute atomic E-state index is 12.0. The van der Waals surface area contributed by atoms with Gasteiger partial charge in [-0.05, 0) is 37.6 Å². The van der Waals surface area contributed by atoms with Crippen molar-refractivity contribution < 1.29 is 4.79 Å². The van der Waals surface area contributed by atoms with E-state index in [-0.39, 0.29) is 11.3 Å². The summed E-state index contributed by atoms with van der Waals surface area (Å²) in [5.41, 5.74) is 8.03. The summed E-state index contributed by atoms with van der Waals surface area (Å²) in [6.45, 7) is 9.87. The van der Waals surface area contributed by atoms with Crippen molar-refractivity contribution in [2.24, 2.45) is 24.1 Å². The van der Waals surface area contributed by atoms with E-state index in [0.717, 1.165) is 24.1 Å². The predicted octanol–water partition coefficient (Wildman–Crippen LogP) is 2.14. The van der Waals surface area contributed by atoms with Crippen LogP contribution < -0.4 is 11.1 Å². The Kier molecular flexibility index (Phi) is 6.40. The van der Waals surface area contributed by atoms with Crippen molar-refractivity contribution in [1.29, 1.82) is 0 Å². The lowest BCUT2D eigenvalue weighted by Crippen LogP contribution is -2.27. The monoisotopic (exact) mass is 294 g/mol. The molecule has 1 aromatic rings. The van der Waals surface area contributed by atoms with Crippen LogP contribution >= 0.6 is 0 Å². The topological polar surface area (TPSA) is 72.9 Å². The molecule has 1 unspecified atom stereocenters. The molecule has 5 heteroatoms. The molecule has 0 saturated heterocycles. The fourth-order valence-electron chi connectivity index (χ4n) is 2.52. The Hall–Kier alpha value is -1.36. The molecule has 1 atom stereocenters. The van der Waals surface area contributed by atoms with Gasteiger partial charge in [-0.1, -0.05) is 20.8 Å². The van der Waals surface area contributed by atoms with Crippen molar-refractivity contribution in [1.82, 2.24) is 15.1 Å². The molecule has 1 heterocycles. The second-order valence-corrected chi connectivity index (χ2v) is 6.83. The summed E-state index contributed by atoms with van der Waals surface area (Å²) in [7, 11) is 1.90. The first-order chi connectivity index (χ1) is 9.75. The maximum Gasteiger partial charge on any atom is 0.220 e. The molecule has 21 heavy (non-hydrogen) atoms. The van der Waals surface area contributed by atoms with Crippen molar-refractivity contribution in [3.63, 3.8) is 0 Å². The Bertz CT molecular complexity index is 459. The molecular formula is C16H30N4O. The van der Waals surface area contributed by atoms with Crippen LogP contribution in [0.1, 0.15) is 51.3 Å².